The zero-order chi connectivity index (χ0) is 18.4. The molecule has 1 amide bonds. The molecule has 0 radical (unpaired) electrons. The molecule has 25 heavy (non-hydrogen) atoms. The molecule has 0 unspecified atom stereocenters. The summed E-state index contributed by atoms with van der Waals surface area (Å²) < 4.78 is 21.2. The Balaban J connectivity index is 1.97. The summed E-state index contributed by atoms with van der Waals surface area (Å²) >= 11 is 0. The first-order valence-corrected chi connectivity index (χ1v) is 7.92. The van der Waals surface area contributed by atoms with Crippen LogP contribution in [0.4, 0.5) is 0 Å². The highest BCUT2D eigenvalue weighted by Gasteiger charge is 2.18. The van der Waals surface area contributed by atoms with E-state index in [1.165, 1.54) is 13.2 Å². The highest BCUT2D eigenvalue weighted by molar-refractivity contribution is 5.89. The Morgan fingerprint density at radius 1 is 1.24 bits per heavy atom. The average molecular weight is 349 g/mol. The maximum absolute atomic E-state index is 11.8. The molecule has 1 N–H and O–H groups in total. The Hall–Kier alpha value is -2.70. The number of methoxy groups -OCH3 is 1. The summed E-state index contributed by atoms with van der Waals surface area (Å²) in [5.41, 5.74) is 0.318. The number of esters is 1. The quantitative estimate of drug-likeness (QED) is 0.646. The van der Waals surface area contributed by atoms with E-state index in [1.54, 1.807) is 18.2 Å². The van der Waals surface area contributed by atoms with Crippen LogP contribution < -0.4 is 19.5 Å². The molecule has 0 aromatic heterocycles. The summed E-state index contributed by atoms with van der Waals surface area (Å²) in [6.45, 7) is 6.13. The molecule has 7 nitrogen and oxygen atoms in total. The molecule has 0 bridgehead atoms. The number of hydrogen-bond donors (Lipinski definition) is 1. The number of rotatable bonds is 5. The Morgan fingerprint density at radius 3 is 2.64 bits per heavy atom. The molecule has 1 aromatic carbocycles. The molecule has 2 rings (SSSR count). The number of carbonyl (C=O) groups is 2. The molecule has 7 heteroatoms. The number of nitrogens with one attached hydrogen (secondary N) is 1. The Labute approximate surface area is 146 Å². The van der Waals surface area contributed by atoms with Gasteiger partial charge in [-0.25, -0.2) is 4.79 Å². The predicted octanol–water partition coefficient (Wildman–Crippen LogP) is 1.94. The van der Waals surface area contributed by atoms with Crippen LogP contribution >= 0.6 is 0 Å². The maximum Gasteiger partial charge on any atom is 0.331 e. The third-order valence-electron chi connectivity index (χ3n) is 3.12. The Morgan fingerprint density at radius 2 is 1.96 bits per heavy atom. The first kappa shape index (κ1) is 18.6. The molecule has 1 aliphatic rings. The lowest BCUT2D eigenvalue weighted by Gasteiger charge is -2.21. The second-order valence-corrected chi connectivity index (χ2v) is 6.49. The lowest BCUT2D eigenvalue weighted by Crippen LogP contribution is -2.42. The molecule has 0 saturated heterocycles. The second kappa shape index (κ2) is 7.92. The molecule has 0 saturated carbocycles. The van der Waals surface area contributed by atoms with Crippen molar-refractivity contribution in [2.45, 2.75) is 26.3 Å². The zero-order valence-electron chi connectivity index (χ0n) is 14.9. The van der Waals surface area contributed by atoms with E-state index < -0.39 is 5.97 Å². The number of carbonyl (C=O) groups excluding carboxylic acids is 2. The van der Waals surface area contributed by atoms with E-state index in [4.69, 9.17) is 18.9 Å². The van der Waals surface area contributed by atoms with Crippen LogP contribution in [0.5, 0.6) is 17.2 Å². The van der Waals surface area contributed by atoms with Gasteiger partial charge in [-0.2, -0.15) is 0 Å². The second-order valence-electron chi connectivity index (χ2n) is 6.49. The van der Waals surface area contributed by atoms with E-state index in [1.807, 2.05) is 20.8 Å². The van der Waals surface area contributed by atoms with Crippen LogP contribution in [0.25, 0.3) is 6.08 Å². The fraction of sp³-hybridized carbons (Fsp3) is 0.444. The Kier molecular flexibility index (Phi) is 5.90. The molecule has 0 atom stereocenters. The maximum atomic E-state index is 11.8. The first-order valence-electron chi connectivity index (χ1n) is 7.92. The van der Waals surface area contributed by atoms with Crippen LogP contribution in [-0.2, 0) is 14.3 Å². The zero-order valence-corrected chi connectivity index (χ0v) is 14.9. The summed E-state index contributed by atoms with van der Waals surface area (Å²) in [5.74, 6) is 0.665. The molecule has 136 valence electrons. The number of fused-ring (bicyclic) bond motifs is 1. The van der Waals surface area contributed by atoms with E-state index in [2.05, 4.69) is 5.32 Å². The van der Waals surface area contributed by atoms with Gasteiger partial charge in [-0.3, -0.25) is 4.79 Å². The number of benzene rings is 1. The van der Waals surface area contributed by atoms with Crippen molar-refractivity contribution in [2.24, 2.45) is 0 Å². The van der Waals surface area contributed by atoms with Gasteiger partial charge in [-0.05, 0) is 44.5 Å². The molecule has 1 aromatic rings. The topological polar surface area (TPSA) is 83.1 Å². The summed E-state index contributed by atoms with van der Waals surface area (Å²) in [5, 5.41) is 2.71. The number of hydrogen-bond acceptors (Lipinski definition) is 6. The van der Waals surface area contributed by atoms with Gasteiger partial charge < -0.3 is 24.3 Å². The minimum Gasteiger partial charge on any atom is -0.493 e. The van der Waals surface area contributed by atoms with Gasteiger partial charge in [0.2, 0.25) is 5.75 Å². The normalized spacial score (nSPS) is 13.4. The van der Waals surface area contributed by atoms with E-state index in [-0.39, 0.29) is 18.1 Å². The van der Waals surface area contributed by atoms with Crippen LogP contribution in [0, 0.1) is 0 Å². The van der Waals surface area contributed by atoms with Crippen molar-refractivity contribution in [1.82, 2.24) is 5.32 Å². The van der Waals surface area contributed by atoms with Crippen molar-refractivity contribution >= 4 is 18.0 Å². The smallest absolute Gasteiger partial charge is 0.331 e. The van der Waals surface area contributed by atoms with E-state index >= 15 is 0 Å². The standard InChI is InChI=1S/C18H23NO6/c1-18(2,3)19-15(20)11-25-16(21)6-5-12-9-13(22-4)17-14(10-12)23-7-8-24-17/h5-6,9-10H,7-8,11H2,1-4H3,(H,19,20)/b6-5+. The van der Waals surface area contributed by atoms with Crippen molar-refractivity contribution in [3.8, 4) is 17.2 Å². The largest absolute Gasteiger partial charge is 0.493 e. The van der Waals surface area contributed by atoms with Crippen molar-refractivity contribution in [3.63, 3.8) is 0 Å². The van der Waals surface area contributed by atoms with Crippen molar-refractivity contribution in [1.29, 1.82) is 0 Å². The fourth-order valence-electron chi connectivity index (χ4n) is 2.19. The minimum absolute atomic E-state index is 0.328. The minimum atomic E-state index is -0.613. The lowest BCUT2D eigenvalue weighted by atomic mass is 10.1. The molecule has 0 aliphatic carbocycles. The van der Waals surface area contributed by atoms with Crippen molar-refractivity contribution in [2.75, 3.05) is 26.9 Å². The van der Waals surface area contributed by atoms with Crippen molar-refractivity contribution in [3.05, 3.63) is 23.8 Å². The highest BCUT2D eigenvalue weighted by Crippen LogP contribution is 2.40. The van der Waals surface area contributed by atoms with Crippen LogP contribution in [0.1, 0.15) is 26.3 Å². The number of amides is 1. The molecule has 0 fully saturated rings. The van der Waals surface area contributed by atoms with Gasteiger partial charge in [0.05, 0.1) is 7.11 Å². The summed E-state index contributed by atoms with van der Waals surface area (Å²) in [4.78, 5) is 23.4. The third kappa shape index (κ3) is 5.70. The SMILES string of the molecule is COc1cc(/C=C/C(=O)OCC(=O)NC(C)(C)C)cc2c1OCCO2. The summed E-state index contributed by atoms with van der Waals surface area (Å²) in [6.07, 6.45) is 2.81. The van der Waals surface area contributed by atoms with Gasteiger partial charge in [0.15, 0.2) is 18.1 Å². The van der Waals surface area contributed by atoms with E-state index in [0.29, 0.717) is 36.0 Å². The molecule has 1 heterocycles. The molecular formula is C18H23NO6. The lowest BCUT2D eigenvalue weighted by molar-refractivity contribution is -0.144. The van der Waals surface area contributed by atoms with E-state index in [9.17, 15) is 9.59 Å². The van der Waals surface area contributed by atoms with Gasteiger partial charge in [-0.1, -0.05) is 0 Å². The molecule has 1 aliphatic heterocycles. The number of ether oxygens (including phenoxy) is 4. The van der Waals surface area contributed by atoms with E-state index in [0.717, 1.165) is 0 Å². The average Bonchev–Trinajstić information content (AvgIpc) is 2.55. The predicted molar refractivity (Wildman–Crippen MR) is 91.9 cm³/mol. The van der Waals surface area contributed by atoms with Gasteiger partial charge in [0.25, 0.3) is 5.91 Å². The van der Waals surface area contributed by atoms with Crippen molar-refractivity contribution < 1.29 is 28.5 Å². The van der Waals surface area contributed by atoms with Crippen LogP contribution in [0.15, 0.2) is 18.2 Å². The van der Waals surface area contributed by atoms with Crippen LogP contribution in [-0.4, -0.2) is 44.3 Å². The van der Waals surface area contributed by atoms with Crippen LogP contribution in [0.3, 0.4) is 0 Å². The van der Waals surface area contributed by atoms with Gasteiger partial charge in [-0.15, -0.1) is 0 Å². The molecule has 0 spiro atoms. The monoisotopic (exact) mass is 349 g/mol. The van der Waals surface area contributed by atoms with Gasteiger partial charge in [0, 0.05) is 11.6 Å². The third-order valence-corrected chi connectivity index (χ3v) is 3.12. The van der Waals surface area contributed by atoms with Gasteiger partial charge >= 0.3 is 5.97 Å². The summed E-state index contributed by atoms with van der Waals surface area (Å²) in [6, 6.07) is 3.47. The summed E-state index contributed by atoms with van der Waals surface area (Å²) in [7, 11) is 1.53. The fourth-order valence-corrected chi connectivity index (χ4v) is 2.19. The molecular weight excluding hydrogens is 326 g/mol. The Bertz CT molecular complexity index is 658. The van der Waals surface area contributed by atoms with Gasteiger partial charge in [0.1, 0.15) is 13.2 Å². The highest BCUT2D eigenvalue weighted by atomic mass is 16.6. The first-order chi connectivity index (χ1) is 11.8. The van der Waals surface area contributed by atoms with Crippen LogP contribution in [0.2, 0.25) is 0 Å².